The summed E-state index contributed by atoms with van der Waals surface area (Å²) >= 11 is 0. The number of amides is 1. The van der Waals surface area contributed by atoms with Gasteiger partial charge in [0.25, 0.3) is 0 Å². The molecule has 5 nitrogen and oxygen atoms in total. The van der Waals surface area contributed by atoms with E-state index in [0.29, 0.717) is 12.5 Å². The Hall–Kier alpha value is -1.75. The zero-order valence-electron chi connectivity index (χ0n) is 12.8. The third-order valence-corrected chi connectivity index (χ3v) is 3.49. The van der Waals surface area contributed by atoms with E-state index in [-0.39, 0.29) is 17.9 Å². The van der Waals surface area contributed by atoms with E-state index in [1.54, 1.807) is 12.1 Å². The maximum atomic E-state index is 11.7. The number of hydrogen-bond donors (Lipinski definition) is 3. The minimum absolute atomic E-state index is 0.145. The molecule has 2 atom stereocenters. The molecule has 0 aliphatic carbocycles. The first kappa shape index (κ1) is 15.6. The molecule has 1 saturated heterocycles. The molecule has 0 saturated carbocycles. The van der Waals surface area contributed by atoms with Crippen molar-refractivity contribution in [2.45, 2.75) is 38.8 Å². The molecule has 1 aliphatic heterocycles. The van der Waals surface area contributed by atoms with Gasteiger partial charge in [-0.3, -0.25) is 0 Å². The van der Waals surface area contributed by atoms with Gasteiger partial charge in [0.05, 0.1) is 0 Å². The predicted octanol–water partition coefficient (Wildman–Crippen LogP) is 2.57. The van der Waals surface area contributed by atoms with Crippen molar-refractivity contribution in [2.24, 2.45) is 5.92 Å². The fourth-order valence-corrected chi connectivity index (χ4v) is 2.61. The van der Waals surface area contributed by atoms with E-state index in [2.05, 4.69) is 10.6 Å². The largest absolute Gasteiger partial charge is 0.508 e. The van der Waals surface area contributed by atoms with E-state index in [1.807, 2.05) is 32.9 Å². The number of carbonyl (C=O) groups is 1. The molecule has 3 N–H and O–H groups in total. The molecule has 1 heterocycles. The van der Waals surface area contributed by atoms with Gasteiger partial charge >= 0.3 is 6.09 Å². The van der Waals surface area contributed by atoms with Gasteiger partial charge in [-0.25, -0.2) is 4.79 Å². The highest BCUT2D eigenvalue weighted by Crippen LogP contribution is 2.30. The van der Waals surface area contributed by atoms with Crippen LogP contribution in [0.25, 0.3) is 0 Å². The zero-order valence-corrected chi connectivity index (χ0v) is 12.8. The number of benzene rings is 1. The van der Waals surface area contributed by atoms with Gasteiger partial charge in [-0.05, 0) is 57.4 Å². The van der Waals surface area contributed by atoms with Crippen LogP contribution in [-0.2, 0) is 4.74 Å². The topological polar surface area (TPSA) is 70.6 Å². The zero-order chi connectivity index (χ0) is 15.5. The average molecular weight is 292 g/mol. The first-order valence-corrected chi connectivity index (χ1v) is 7.34. The van der Waals surface area contributed by atoms with E-state index in [1.165, 1.54) is 0 Å². The molecule has 0 aromatic heterocycles. The van der Waals surface area contributed by atoms with Crippen molar-refractivity contribution < 1.29 is 14.6 Å². The summed E-state index contributed by atoms with van der Waals surface area (Å²) in [6.45, 7) is 7.00. The minimum Gasteiger partial charge on any atom is -0.508 e. The monoisotopic (exact) mass is 292 g/mol. The molecule has 0 spiro atoms. The minimum atomic E-state index is -0.484. The lowest BCUT2D eigenvalue weighted by molar-refractivity contribution is 0.0518. The van der Waals surface area contributed by atoms with Gasteiger partial charge in [-0.2, -0.15) is 0 Å². The Bertz CT molecular complexity index is 497. The molecule has 0 bridgehead atoms. The third kappa shape index (κ3) is 4.63. The molecule has 1 aliphatic rings. The standard InChI is InChI=1S/C16H24N2O3/c1-16(2,3)21-15(20)18-10-12-7-8-17-14(12)11-5-4-6-13(19)9-11/h4-6,9,12,14,17,19H,7-8,10H2,1-3H3,(H,18,20). The van der Waals surface area contributed by atoms with Gasteiger partial charge in [0.15, 0.2) is 0 Å². The molecule has 0 radical (unpaired) electrons. The quantitative estimate of drug-likeness (QED) is 0.801. The van der Waals surface area contributed by atoms with Gasteiger partial charge < -0.3 is 20.5 Å². The number of carbonyl (C=O) groups excluding carboxylic acids is 1. The molecular formula is C16H24N2O3. The fraction of sp³-hybridized carbons (Fsp3) is 0.562. The highest BCUT2D eigenvalue weighted by atomic mass is 16.6. The summed E-state index contributed by atoms with van der Waals surface area (Å²) in [6, 6.07) is 7.40. The number of phenols is 1. The van der Waals surface area contributed by atoms with Crippen molar-refractivity contribution in [2.75, 3.05) is 13.1 Å². The summed E-state index contributed by atoms with van der Waals surface area (Å²) in [5, 5.41) is 15.8. The second kappa shape index (κ2) is 6.35. The maximum Gasteiger partial charge on any atom is 0.407 e. The average Bonchev–Trinajstić information content (AvgIpc) is 2.82. The van der Waals surface area contributed by atoms with E-state index in [0.717, 1.165) is 18.5 Å². The number of aromatic hydroxyl groups is 1. The lowest BCUT2D eigenvalue weighted by atomic mass is 9.94. The number of phenolic OH excluding ortho intramolecular Hbond substituents is 1. The number of hydrogen-bond acceptors (Lipinski definition) is 4. The first-order valence-electron chi connectivity index (χ1n) is 7.34. The molecular weight excluding hydrogens is 268 g/mol. The molecule has 1 fully saturated rings. The molecule has 1 aromatic carbocycles. The summed E-state index contributed by atoms with van der Waals surface area (Å²) in [5.41, 5.74) is 0.561. The Morgan fingerprint density at radius 1 is 1.48 bits per heavy atom. The van der Waals surface area contributed by atoms with Crippen LogP contribution in [0.2, 0.25) is 0 Å². The van der Waals surface area contributed by atoms with Crippen molar-refractivity contribution in [3.63, 3.8) is 0 Å². The van der Waals surface area contributed by atoms with Crippen LogP contribution in [0.3, 0.4) is 0 Å². The molecule has 1 amide bonds. The molecule has 2 rings (SSSR count). The third-order valence-electron chi connectivity index (χ3n) is 3.49. The molecule has 1 aromatic rings. The van der Waals surface area contributed by atoms with Crippen LogP contribution < -0.4 is 10.6 Å². The first-order chi connectivity index (χ1) is 9.85. The highest BCUT2D eigenvalue weighted by Gasteiger charge is 2.29. The Morgan fingerprint density at radius 2 is 2.24 bits per heavy atom. The van der Waals surface area contributed by atoms with Crippen LogP contribution in [0.1, 0.15) is 38.8 Å². The fourth-order valence-electron chi connectivity index (χ4n) is 2.61. The van der Waals surface area contributed by atoms with Crippen LogP contribution in [0.5, 0.6) is 5.75 Å². The smallest absolute Gasteiger partial charge is 0.407 e. The Balaban J connectivity index is 1.92. The van der Waals surface area contributed by atoms with Crippen LogP contribution >= 0.6 is 0 Å². The lowest BCUT2D eigenvalue weighted by Crippen LogP contribution is -2.36. The van der Waals surface area contributed by atoms with E-state index in [4.69, 9.17) is 4.74 Å². The summed E-state index contributed by atoms with van der Waals surface area (Å²) in [7, 11) is 0. The number of ether oxygens (including phenoxy) is 1. The second-order valence-corrected chi connectivity index (χ2v) is 6.46. The summed E-state index contributed by atoms with van der Waals surface area (Å²) in [5.74, 6) is 0.555. The number of nitrogens with one attached hydrogen (secondary N) is 2. The summed E-state index contributed by atoms with van der Waals surface area (Å²) in [4.78, 5) is 11.7. The van der Waals surface area contributed by atoms with Crippen molar-refractivity contribution in [1.82, 2.24) is 10.6 Å². The van der Waals surface area contributed by atoms with Crippen molar-refractivity contribution >= 4 is 6.09 Å². The van der Waals surface area contributed by atoms with Gasteiger partial charge in [0.1, 0.15) is 11.4 Å². The molecule has 21 heavy (non-hydrogen) atoms. The van der Waals surface area contributed by atoms with Gasteiger partial charge in [-0.15, -0.1) is 0 Å². The predicted molar refractivity (Wildman–Crippen MR) is 81.2 cm³/mol. The Kier molecular flexibility index (Phi) is 4.73. The van der Waals surface area contributed by atoms with Crippen LogP contribution in [0, 0.1) is 5.92 Å². The van der Waals surface area contributed by atoms with Crippen molar-refractivity contribution in [3.8, 4) is 5.75 Å². The van der Waals surface area contributed by atoms with Gasteiger partial charge in [0.2, 0.25) is 0 Å². The Morgan fingerprint density at radius 3 is 2.90 bits per heavy atom. The lowest BCUT2D eigenvalue weighted by Gasteiger charge is -2.23. The molecule has 5 heteroatoms. The van der Waals surface area contributed by atoms with E-state index < -0.39 is 5.60 Å². The molecule has 2 unspecified atom stereocenters. The summed E-state index contributed by atoms with van der Waals surface area (Å²) < 4.78 is 5.25. The van der Waals surface area contributed by atoms with E-state index in [9.17, 15) is 9.90 Å². The number of rotatable bonds is 3. The highest BCUT2D eigenvalue weighted by molar-refractivity contribution is 5.67. The Labute approximate surface area is 125 Å². The van der Waals surface area contributed by atoms with Crippen molar-refractivity contribution in [1.29, 1.82) is 0 Å². The molecule has 116 valence electrons. The maximum absolute atomic E-state index is 11.7. The van der Waals surface area contributed by atoms with Crippen LogP contribution in [0.15, 0.2) is 24.3 Å². The van der Waals surface area contributed by atoms with Crippen LogP contribution in [0.4, 0.5) is 4.79 Å². The van der Waals surface area contributed by atoms with Gasteiger partial charge in [-0.1, -0.05) is 12.1 Å². The number of alkyl carbamates (subject to hydrolysis) is 1. The second-order valence-electron chi connectivity index (χ2n) is 6.46. The van der Waals surface area contributed by atoms with E-state index >= 15 is 0 Å². The summed E-state index contributed by atoms with van der Waals surface area (Å²) in [6.07, 6.45) is 0.597. The SMILES string of the molecule is CC(C)(C)OC(=O)NCC1CCNC1c1cccc(O)c1. The van der Waals surface area contributed by atoms with Crippen LogP contribution in [-0.4, -0.2) is 29.9 Å². The van der Waals surface area contributed by atoms with Gasteiger partial charge in [0, 0.05) is 12.6 Å². The van der Waals surface area contributed by atoms with Crippen molar-refractivity contribution in [3.05, 3.63) is 29.8 Å². The normalized spacial score (nSPS) is 22.0.